The third kappa shape index (κ3) is 9.65. The highest BCUT2D eigenvalue weighted by molar-refractivity contribution is 14.0. The first-order valence-corrected chi connectivity index (χ1v) is 9.40. The predicted molar refractivity (Wildman–Crippen MR) is 129 cm³/mol. The van der Waals surface area contributed by atoms with E-state index in [-0.39, 0.29) is 30.0 Å². The van der Waals surface area contributed by atoms with E-state index in [9.17, 15) is 4.79 Å². The number of hydrogen-bond acceptors (Lipinski definition) is 3. The number of ether oxygens (including phenoxy) is 1. The minimum atomic E-state index is -0.550. The van der Waals surface area contributed by atoms with Crippen molar-refractivity contribution >= 4 is 36.0 Å². The molecular formula is C22H31IN4O2. The number of aliphatic imine (C=N–C) groups is 1. The first-order valence-electron chi connectivity index (χ1n) is 9.40. The summed E-state index contributed by atoms with van der Waals surface area (Å²) >= 11 is 0. The van der Waals surface area contributed by atoms with Gasteiger partial charge in [0.05, 0.1) is 6.04 Å². The van der Waals surface area contributed by atoms with E-state index in [0.717, 1.165) is 11.1 Å². The maximum atomic E-state index is 12.3. The number of nitrogens with zero attached hydrogens (tertiary/aromatic N) is 1. The van der Waals surface area contributed by atoms with E-state index in [2.05, 4.69) is 33.1 Å². The Bertz CT molecular complexity index is 761. The highest BCUT2D eigenvalue weighted by atomic mass is 127. The van der Waals surface area contributed by atoms with Crippen molar-refractivity contribution in [3.05, 3.63) is 71.8 Å². The zero-order chi connectivity index (χ0) is 20.4. The molecule has 0 saturated heterocycles. The van der Waals surface area contributed by atoms with Crippen molar-refractivity contribution in [3.8, 4) is 0 Å². The van der Waals surface area contributed by atoms with Crippen LogP contribution >= 0.6 is 24.0 Å². The molecule has 2 aromatic carbocycles. The van der Waals surface area contributed by atoms with Gasteiger partial charge in [-0.1, -0.05) is 60.7 Å². The molecular weight excluding hydrogens is 479 g/mol. The Morgan fingerprint density at radius 1 is 1.00 bits per heavy atom. The van der Waals surface area contributed by atoms with Gasteiger partial charge in [0.2, 0.25) is 0 Å². The van der Waals surface area contributed by atoms with Gasteiger partial charge in [0.15, 0.2) is 5.96 Å². The van der Waals surface area contributed by atoms with E-state index >= 15 is 0 Å². The predicted octanol–water partition coefficient (Wildman–Crippen LogP) is 4.24. The van der Waals surface area contributed by atoms with Gasteiger partial charge in [0.1, 0.15) is 5.60 Å². The number of benzene rings is 2. The van der Waals surface area contributed by atoms with Crippen LogP contribution in [0.1, 0.15) is 37.9 Å². The molecule has 1 amide bonds. The summed E-state index contributed by atoms with van der Waals surface area (Å²) in [6, 6.07) is 19.6. The molecule has 0 heterocycles. The number of carbonyl (C=O) groups is 1. The number of amides is 1. The quantitative estimate of drug-likeness (QED) is 0.309. The van der Waals surface area contributed by atoms with Gasteiger partial charge in [-0.15, -0.1) is 24.0 Å². The Morgan fingerprint density at radius 2 is 1.59 bits per heavy atom. The second-order valence-corrected chi connectivity index (χ2v) is 7.40. The topological polar surface area (TPSA) is 74.8 Å². The highest BCUT2D eigenvalue weighted by Gasteiger charge is 2.20. The van der Waals surface area contributed by atoms with Gasteiger partial charge in [-0.25, -0.2) is 4.79 Å². The lowest BCUT2D eigenvalue weighted by Gasteiger charge is -2.24. The molecule has 6 nitrogen and oxygen atoms in total. The standard InChI is InChI=1S/C22H30N4O2.HI/c1-22(2,3)28-21(27)26-19(18-13-9-6-10-14-18)16-25-20(23-4)24-15-17-11-7-5-8-12-17;/h5-14,19H,15-16H2,1-4H3,(H,26,27)(H2,23,24,25);1H. The van der Waals surface area contributed by atoms with Crippen LogP contribution in [0.4, 0.5) is 4.79 Å². The molecule has 0 radical (unpaired) electrons. The summed E-state index contributed by atoms with van der Waals surface area (Å²) in [5.41, 5.74) is 1.60. The van der Waals surface area contributed by atoms with Crippen molar-refractivity contribution in [2.24, 2.45) is 4.99 Å². The number of nitrogens with one attached hydrogen (secondary N) is 3. The smallest absolute Gasteiger partial charge is 0.408 e. The van der Waals surface area contributed by atoms with Gasteiger partial charge < -0.3 is 20.7 Å². The molecule has 0 aliphatic heterocycles. The molecule has 3 N–H and O–H groups in total. The fraction of sp³-hybridized carbons (Fsp3) is 0.364. The van der Waals surface area contributed by atoms with Crippen LogP contribution in [0.3, 0.4) is 0 Å². The van der Waals surface area contributed by atoms with Crippen molar-refractivity contribution in [1.82, 2.24) is 16.0 Å². The third-order valence-corrected chi connectivity index (χ3v) is 3.89. The first kappa shape index (κ1) is 24.7. The largest absolute Gasteiger partial charge is 0.444 e. The second-order valence-electron chi connectivity index (χ2n) is 7.40. The summed E-state index contributed by atoms with van der Waals surface area (Å²) in [5.74, 6) is 0.663. The van der Waals surface area contributed by atoms with Crippen LogP contribution in [0, 0.1) is 0 Å². The SMILES string of the molecule is CN=C(NCc1ccccc1)NCC(NC(=O)OC(C)(C)C)c1ccccc1.I. The number of guanidine groups is 1. The Balaban J connectivity index is 0.00000420. The van der Waals surface area contributed by atoms with Crippen LogP contribution in [0.2, 0.25) is 0 Å². The first-order chi connectivity index (χ1) is 13.4. The Labute approximate surface area is 190 Å². The molecule has 158 valence electrons. The molecule has 7 heteroatoms. The Morgan fingerprint density at radius 3 is 2.14 bits per heavy atom. The molecule has 2 aromatic rings. The van der Waals surface area contributed by atoms with E-state index in [1.54, 1.807) is 7.05 Å². The van der Waals surface area contributed by atoms with Crippen LogP contribution in [0.15, 0.2) is 65.7 Å². The van der Waals surface area contributed by atoms with Gasteiger partial charge in [-0.2, -0.15) is 0 Å². The van der Waals surface area contributed by atoms with E-state index in [1.165, 1.54) is 0 Å². The molecule has 0 aliphatic carbocycles. The second kappa shape index (κ2) is 12.3. The monoisotopic (exact) mass is 510 g/mol. The van der Waals surface area contributed by atoms with E-state index in [1.807, 2.05) is 69.3 Å². The average molecular weight is 510 g/mol. The maximum Gasteiger partial charge on any atom is 0.408 e. The number of rotatable bonds is 6. The molecule has 0 aromatic heterocycles. The summed E-state index contributed by atoms with van der Waals surface area (Å²) < 4.78 is 5.40. The zero-order valence-electron chi connectivity index (χ0n) is 17.4. The molecule has 0 fully saturated rings. The average Bonchev–Trinajstić information content (AvgIpc) is 2.67. The number of alkyl carbamates (subject to hydrolysis) is 1. The molecule has 2 rings (SSSR count). The van der Waals surface area contributed by atoms with Gasteiger partial charge >= 0.3 is 6.09 Å². The molecule has 29 heavy (non-hydrogen) atoms. The summed E-state index contributed by atoms with van der Waals surface area (Å²) in [5, 5.41) is 9.49. The summed E-state index contributed by atoms with van der Waals surface area (Å²) in [6.07, 6.45) is -0.449. The van der Waals surface area contributed by atoms with Gasteiger partial charge in [-0.3, -0.25) is 4.99 Å². The van der Waals surface area contributed by atoms with Crippen LogP contribution in [-0.4, -0.2) is 31.2 Å². The molecule has 0 saturated carbocycles. The van der Waals surface area contributed by atoms with Crippen LogP contribution in [-0.2, 0) is 11.3 Å². The fourth-order valence-electron chi connectivity index (χ4n) is 2.59. The highest BCUT2D eigenvalue weighted by Crippen LogP contribution is 2.14. The summed E-state index contributed by atoms with van der Waals surface area (Å²) in [7, 11) is 1.72. The fourth-order valence-corrected chi connectivity index (χ4v) is 2.59. The van der Waals surface area contributed by atoms with E-state index in [0.29, 0.717) is 19.0 Å². The molecule has 0 aliphatic rings. The molecule has 1 unspecified atom stereocenters. The third-order valence-electron chi connectivity index (χ3n) is 3.89. The minimum Gasteiger partial charge on any atom is -0.444 e. The number of carbonyl (C=O) groups excluding carboxylic acids is 1. The lowest BCUT2D eigenvalue weighted by atomic mass is 10.1. The molecule has 0 spiro atoms. The van der Waals surface area contributed by atoms with Gasteiger partial charge in [0.25, 0.3) is 0 Å². The van der Waals surface area contributed by atoms with E-state index < -0.39 is 11.7 Å². The van der Waals surface area contributed by atoms with Gasteiger partial charge in [0, 0.05) is 20.1 Å². The van der Waals surface area contributed by atoms with Crippen molar-refractivity contribution in [2.45, 2.75) is 39.0 Å². The Hall–Kier alpha value is -2.29. The van der Waals surface area contributed by atoms with Gasteiger partial charge in [-0.05, 0) is 31.9 Å². The van der Waals surface area contributed by atoms with Crippen molar-refractivity contribution in [3.63, 3.8) is 0 Å². The Kier molecular flexibility index (Phi) is 10.5. The number of halogens is 1. The molecule has 0 bridgehead atoms. The van der Waals surface area contributed by atoms with Crippen molar-refractivity contribution in [1.29, 1.82) is 0 Å². The summed E-state index contributed by atoms with van der Waals surface area (Å²) in [4.78, 5) is 16.5. The van der Waals surface area contributed by atoms with E-state index in [4.69, 9.17) is 4.74 Å². The van der Waals surface area contributed by atoms with Crippen molar-refractivity contribution < 1.29 is 9.53 Å². The molecule has 1 atom stereocenters. The zero-order valence-corrected chi connectivity index (χ0v) is 19.8. The summed E-state index contributed by atoms with van der Waals surface area (Å²) in [6.45, 7) is 6.67. The normalized spacial score (nSPS) is 12.3. The maximum absolute atomic E-state index is 12.3. The minimum absolute atomic E-state index is 0. The van der Waals surface area contributed by atoms with Crippen molar-refractivity contribution in [2.75, 3.05) is 13.6 Å². The lowest BCUT2D eigenvalue weighted by Crippen LogP contribution is -2.44. The van der Waals surface area contributed by atoms with Crippen LogP contribution < -0.4 is 16.0 Å². The van der Waals surface area contributed by atoms with Crippen LogP contribution in [0.25, 0.3) is 0 Å². The lowest BCUT2D eigenvalue weighted by molar-refractivity contribution is 0.0504. The number of hydrogen-bond donors (Lipinski definition) is 3. The van der Waals surface area contributed by atoms with Crippen LogP contribution in [0.5, 0.6) is 0 Å².